The van der Waals surface area contributed by atoms with Crippen molar-refractivity contribution in [2.24, 2.45) is 0 Å². The van der Waals surface area contributed by atoms with E-state index in [1.165, 1.54) is 41.4 Å². The fourth-order valence-corrected chi connectivity index (χ4v) is 3.55. The zero-order valence-electron chi connectivity index (χ0n) is 12.8. The van der Waals surface area contributed by atoms with Crippen LogP contribution in [0.1, 0.15) is 18.1 Å². The minimum atomic E-state index is 0.334. The van der Waals surface area contributed by atoms with Crippen LogP contribution >= 0.6 is 11.8 Å². The molecule has 1 atom stereocenters. The number of benzene rings is 1. The summed E-state index contributed by atoms with van der Waals surface area (Å²) in [4.78, 5) is 2.56. The van der Waals surface area contributed by atoms with Crippen molar-refractivity contribution in [2.45, 2.75) is 26.4 Å². The van der Waals surface area contributed by atoms with Crippen LogP contribution in [0.4, 0.5) is 5.69 Å². The highest BCUT2D eigenvalue weighted by Gasteiger charge is 2.13. The van der Waals surface area contributed by atoms with Crippen LogP contribution in [0.25, 0.3) is 0 Å². The van der Waals surface area contributed by atoms with Crippen molar-refractivity contribution in [3.63, 3.8) is 0 Å². The highest BCUT2D eigenvalue weighted by atomic mass is 32.2. The Balaban J connectivity index is 2.02. The van der Waals surface area contributed by atoms with Gasteiger partial charge in [0.15, 0.2) is 0 Å². The van der Waals surface area contributed by atoms with Gasteiger partial charge in [0.2, 0.25) is 0 Å². The summed E-state index contributed by atoms with van der Waals surface area (Å²) in [5, 5.41) is 3.54. The second-order valence-corrected chi connectivity index (χ2v) is 6.70. The summed E-state index contributed by atoms with van der Waals surface area (Å²) in [7, 11) is 1.75. The van der Waals surface area contributed by atoms with E-state index in [2.05, 4.69) is 54.0 Å². The molecule has 0 spiro atoms. The quantitative estimate of drug-likeness (QED) is 0.872. The van der Waals surface area contributed by atoms with E-state index in [4.69, 9.17) is 4.74 Å². The number of nitrogens with one attached hydrogen (secondary N) is 1. The van der Waals surface area contributed by atoms with Crippen LogP contribution in [0.15, 0.2) is 18.2 Å². The van der Waals surface area contributed by atoms with Gasteiger partial charge in [-0.15, -0.1) is 0 Å². The number of hydrogen-bond donors (Lipinski definition) is 1. The van der Waals surface area contributed by atoms with Crippen molar-refractivity contribution >= 4 is 17.4 Å². The lowest BCUT2D eigenvalue weighted by atomic mass is 10.1. The first-order chi connectivity index (χ1) is 9.70. The summed E-state index contributed by atoms with van der Waals surface area (Å²) in [5.74, 6) is 2.53. The lowest BCUT2D eigenvalue weighted by Crippen LogP contribution is -2.32. The molecule has 1 fully saturated rings. The normalized spacial score (nSPS) is 17.9. The average Bonchev–Trinajstić information content (AvgIpc) is 2.45. The summed E-state index contributed by atoms with van der Waals surface area (Å²) in [6, 6.07) is 6.91. The summed E-state index contributed by atoms with van der Waals surface area (Å²) < 4.78 is 5.19. The van der Waals surface area contributed by atoms with Crippen LogP contribution in [0, 0.1) is 6.92 Å². The number of ether oxygens (including phenoxy) is 1. The highest BCUT2D eigenvalue weighted by molar-refractivity contribution is 7.99. The van der Waals surface area contributed by atoms with Crippen LogP contribution in [-0.2, 0) is 11.3 Å². The van der Waals surface area contributed by atoms with Gasteiger partial charge in [0, 0.05) is 50.0 Å². The highest BCUT2D eigenvalue weighted by Crippen LogP contribution is 2.22. The fraction of sp³-hybridized carbons (Fsp3) is 0.625. The van der Waals surface area contributed by atoms with Gasteiger partial charge in [0.1, 0.15) is 0 Å². The third kappa shape index (κ3) is 4.40. The molecule has 0 aromatic heterocycles. The molecule has 0 unspecified atom stereocenters. The molecule has 20 heavy (non-hydrogen) atoms. The molecule has 2 rings (SSSR count). The molecular formula is C16H26N2OS. The Morgan fingerprint density at radius 2 is 2.10 bits per heavy atom. The van der Waals surface area contributed by atoms with Crippen LogP contribution in [0.5, 0.6) is 0 Å². The van der Waals surface area contributed by atoms with Gasteiger partial charge in [0.05, 0.1) is 6.61 Å². The van der Waals surface area contributed by atoms with E-state index < -0.39 is 0 Å². The summed E-state index contributed by atoms with van der Waals surface area (Å²) in [6.45, 7) is 8.59. The predicted molar refractivity (Wildman–Crippen MR) is 88.7 cm³/mol. The number of hydrogen-bond acceptors (Lipinski definition) is 4. The SMILES string of the molecule is COC[C@H](C)Nc1cccc(CN2CCSCC2)c1C. The molecule has 1 heterocycles. The minimum absolute atomic E-state index is 0.334. The standard InChI is InChI=1S/C16H26N2OS/c1-13(12-19-3)17-16-6-4-5-15(14(16)2)11-18-7-9-20-10-8-18/h4-6,13,17H,7-12H2,1-3H3/t13-/m0/s1. The lowest BCUT2D eigenvalue weighted by molar-refractivity contribution is 0.190. The summed E-state index contributed by atoms with van der Waals surface area (Å²) in [5.41, 5.74) is 4.04. The van der Waals surface area contributed by atoms with Gasteiger partial charge in [-0.25, -0.2) is 0 Å². The Morgan fingerprint density at radius 3 is 2.80 bits per heavy atom. The number of nitrogens with zero attached hydrogens (tertiary/aromatic N) is 1. The van der Waals surface area contributed by atoms with E-state index in [1.54, 1.807) is 7.11 Å². The number of rotatable bonds is 6. The molecule has 1 saturated heterocycles. The monoisotopic (exact) mass is 294 g/mol. The topological polar surface area (TPSA) is 24.5 Å². The van der Waals surface area contributed by atoms with E-state index in [9.17, 15) is 0 Å². The van der Waals surface area contributed by atoms with Gasteiger partial charge in [-0.2, -0.15) is 11.8 Å². The van der Waals surface area contributed by atoms with E-state index >= 15 is 0 Å². The smallest absolute Gasteiger partial charge is 0.0661 e. The Bertz CT molecular complexity index is 419. The van der Waals surface area contributed by atoms with E-state index in [0.717, 1.165) is 13.2 Å². The Morgan fingerprint density at radius 1 is 1.35 bits per heavy atom. The Labute approximate surface area is 127 Å². The Hall–Kier alpha value is -0.710. The fourth-order valence-electron chi connectivity index (χ4n) is 2.57. The van der Waals surface area contributed by atoms with Crippen molar-refractivity contribution < 1.29 is 4.74 Å². The maximum absolute atomic E-state index is 5.19. The summed E-state index contributed by atoms with van der Waals surface area (Å²) in [6.07, 6.45) is 0. The van der Waals surface area contributed by atoms with Gasteiger partial charge in [-0.1, -0.05) is 12.1 Å². The molecule has 0 saturated carbocycles. The van der Waals surface area contributed by atoms with E-state index in [1.807, 2.05) is 0 Å². The van der Waals surface area contributed by atoms with E-state index in [0.29, 0.717) is 6.04 Å². The second-order valence-electron chi connectivity index (χ2n) is 5.48. The molecule has 1 aliphatic rings. The van der Waals surface area contributed by atoms with Crippen molar-refractivity contribution in [3.05, 3.63) is 29.3 Å². The zero-order chi connectivity index (χ0) is 14.4. The van der Waals surface area contributed by atoms with Crippen LogP contribution in [0.2, 0.25) is 0 Å². The summed E-state index contributed by atoms with van der Waals surface area (Å²) >= 11 is 2.06. The number of thioether (sulfide) groups is 1. The van der Waals surface area contributed by atoms with Gasteiger partial charge < -0.3 is 10.1 Å². The number of anilines is 1. The second kappa shape index (κ2) is 7.91. The van der Waals surface area contributed by atoms with Crippen molar-refractivity contribution in [1.29, 1.82) is 0 Å². The van der Waals surface area contributed by atoms with Crippen LogP contribution in [-0.4, -0.2) is 49.3 Å². The molecular weight excluding hydrogens is 268 g/mol. The average molecular weight is 294 g/mol. The first kappa shape index (κ1) is 15.7. The largest absolute Gasteiger partial charge is 0.383 e. The minimum Gasteiger partial charge on any atom is -0.383 e. The molecule has 0 radical (unpaired) electrons. The predicted octanol–water partition coefficient (Wildman–Crippen LogP) is 2.99. The maximum atomic E-state index is 5.19. The molecule has 1 aromatic carbocycles. The molecule has 1 aromatic rings. The molecule has 4 heteroatoms. The Kier molecular flexibility index (Phi) is 6.20. The van der Waals surface area contributed by atoms with Crippen molar-refractivity contribution in [2.75, 3.05) is 43.6 Å². The number of methoxy groups -OCH3 is 1. The van der Waals surface area contributed by atoms with Crippen LogP contribution in [0.3, 0.4) is 0 Å². The molecule has 3 nitrogen and oxygen atoms in total. The molecule has 0 aliphatic carbocycles. The third-order valence-corrected chi connectivity index (χ3v) is 4.70. The lowest BCUT2D eigenvalue weighted by Gasteiger charge is -2.27. The molecule has 1 aliphatic heterocycles. The van der Waals surface area contributed by atoms with Crippen molar-refractivity contribution in [1.82, 2.24) is 4.90 Å². The molecule has 112 valence electrons. The first-order valence-corrected chi connectivity index (χ1v) is 8.50. The van der Waals surface area contributed by atoms with Gasteiger partial charge in [-0.3, -0.25) is 4.90 Å². The molecule has 0 amide bonds. The third-order valence-electron chi connectivity index (χ3n) is 3.76. The maximum Gasteiger partial charge on any atom is 0.0661 e. The molecule has 0 bridgehead atoms. The van der Waals surface area contributed by atoms with Gasteiger partial charge >= 0.3 is 0 Å². The first-order valence-electron chi connectivity index (χ1n) is 7.34. The van der Waals surface area contributed by atoms with Crippen LogP contribution < -0.4 is 5.32 Å². The van der Waals surface area contributed by atoms with E-state index in [-0.39, 0.29) is 0 Å². The van der Waals surface area contributed by atoms with Gasteiger partial charge in [-0.05, 0) is 31.0 Å². The van der Waals surface area contributed by atoms with Gasteiger partial charge in [0.25, 0.3) is 0 Å². The van der Waals surface area contributed by atoms with Crippen molar-refractivity contribution in [3.8, 4) is 0 Å². The zero-order valence-corrected chi connectivity index (χ0v) is 13.6. The molecule has 1 N–H and O–H groups in total.